The number of allylic oxidation sites excluding steroid dienone is 2. The smallest absolute Gasteiger partial charge is 0.0244 e. The maximum absolute atomic E-state index is 10.9. The van der Waals surface area contributed by atoms with Crippen LogP contribution >= 0.6 is 0 Å². The van der Waals surface area contributed by atoms with Crippen molar-refractivity contribution in [3.63, 3.8) is 0 Å². The Morgan fingerprint density at radius 3 is 2.81 bits per heavy atom. The van der Waals surface area contributed by atoms with Crippen LogP contribution in [-0.2, 0) is 10.8 Å². The quantitative estimate of drug-likeness (QED) is 0.569. The predicted molar refractivity (Wildman–Crippen MR) is 69.9 cm³/mol. The molecule has 1 N–H and O–H groups in total. The van der Waals surface area contributed by atoms with Crippen molar-refractivity contribution in [3.8, 4) is 0 Å². The Balaban J connectivity index is 1.66. The van der Waals surface area contributed by atoms with Crippen LogP contribution in [-0.4, -0.2) is 28.8 Å². The van der Waals surface area contributed by atoms with Crippen LogP contribution in [0.25, 0.3) is 0 Å². The first-order chi connectivity index (χ1) is 7.66. The monoisotopic (exact) mass is 241 g/mol. The summed E-state index contributed by atoms with van der Waals surface area (Å²) in [5, 5.41) is 3.60. The molecule has 3 heteroatoms. The van der Waals surface area contributed by atoms with Crippen molar-refractivity contribution < 1.29 is 4.21 Å². The molecule has 0 heterocycles. The fraction of sp³-hybridized carbons (Fsp3) is 0.846. The van der Waals surface area contributed by atoms with E-state index in [1.807, 2.05) is 0 Å². The Hall–Kier alpha value is -0.150. The molecule has 2 aliphatic rings. The summed E-state index contributed by atoms with van der Waals surface area (Å²) in [5.41, 5.74) is 0. The highest BCUT2D eigenvalue weighted by Crippen LogP contribution is 2.44. The van der Waals surface area contributed by atoms with Crippen molar-refractivity contribution in [3.05, 3.63) is 12.2 Å². The molecule has 1 fully saturated rings. The minimum atomic E-state index is -0.635. The van der Waals surface area contributed by atoms with Crippen molar-refractivity contribution in [2.75, 3.05) is 18.6 Å². The third-order valence-corrected chi connectivity index (χ3v) is 4.91. The van der Waals surface area contributed by atoms with E-state index in [4.69, 9.17) is 0 Å². The van der Waals surface area contributed by atoms with Gasteiger partial charge < -0.3 is 5.32 Å². The van der Waals surface area contributed by atoms with Crippen molar-refractivity contribution >= 4 is 10.8 Å². The Labute approximate surface area is 101 Å². The first-order valence-electron chi connectivity index (χ1n) is 6.38. The second-order valence-corrected chi connectivity index (χ2v) is 6.87. The largest absolute Gasteiger partial charge is 0.314 e. The molecule has 0 amide bonds. The maximum atomic E-state index is 10.9. The molecule has 2 rings (SSSR count). The van der Waals surface area contributed by atoms with Gasteiger partial charge in [-0.1, -0.05) is 12.2 Å². The summed E-state index contributed by atoms with van der Waals surface area (Å²) in [6, 6.07) is 0.616. The molecular formula is C13H23NOS. The minimum Gasteiger partial charge on any atom is -0.314 e. The minimum absolute atomic E-state index is 0.616. The molecule has 5 atom stereocenters. The van der Waals surface area contributed by atoms with Crippen molar-refractivity contribution in [1.29, 1.82) is 0 Å². The summed E-state index contributed by atoms with van der Waals surface area (Å²) in [4.78, 5) is 0. The Morgan fingerprint density at radius 2 is 2.25 bits per heavy atom. The van der Waals surface area contributed by atoms with Gasteiger partial charge >= 0.3 is 0 Å². The first kappa shape index (κ1) is 12.3. The highest BCUT2D eigenvalue weighted by molar-refractivity contribution is 7.84. The Morgan fingerprint density at radius 1 is 1.44 bits per heavy atom. The molecule has 2 nitrogen and oxygen atoms in total. The van der Waals surface area contributed by atoms with Gasteiger partial charge in [-0.15, -0.1) is 0 Å². The fourth-order valence-corrected chi connectivity index (χ4v) is 3.71. The third kappa shape index (κ3) is 2.95. The van der Waals surface area contributed by atoms with Gasteiger partial charge in [0.25, 0.3) is 0 Å². The summed E-state index contributed by atoms with van der Waals surface area (Å²) in [6.07, 6.45) is 10.4. The van der Waals surface area contributed by atoms with E-state index in [0.29, 0.717) is 6.04 Å². The van der Waals surface area contributed by atoms with Crippen LogP contribution in [0.2, 0.25) is 0 Å². The molecule has 0 aliphatic heterocycles. The number of rotatable bonds is 6. The van der Waals surface area contributed by atoms with Crippen LogP contribution in [0.1, 0.15) is 26.2 Å². The van der Waals surface area contributed by atoms with E-state index in [2.05, 4.69) is 24.4 Å². The first-order valence-corrected chi connectivity index (χ1v) is 8.11. The lowest BCUT2D eigenvalue weighted by atomic mass is 9.87. The molecule has 2 aliphatic carbocycles. The highest BCUT2D eigenvalue weighted by Gasteiger charge is 2.38. The van der Waals surface area contributed by atoms with Gasteiger partial charge in [-0.25, -0.2) is 0 Å². The van der Waals surface area contributed by atoms with Crippen LogP contribution in [0.15, 0.2) is 12.2 Å². The van der Waals surface area contributed by atoms with Gasteiger partial charge in [-0.3, -0.25) is 4.21 Å². The van der Waals surface area contributed by atoms with E-state index in [-0.39, 0.29) is 0 Å². The van der Waals surface area contributed by atoms with Crippen LogP contribution in [0.3, 0.4) is 0 Å². The topological polar surface area (TPSA) is 29.1 Å². The number of hydrogen-bond donors (Lipinski definition) is 1. The van der Waals surface area contributed by atoms with Crippen LogP contribution in [0.4, 0.5) is 0 Å². The summed E-state index contributed by atoms with van der Waals surface area (Å²) in [5.74, 6) is 3.36. The normalized spacial score (nSPS) is 35.5. The van der Waals surface area contributed by atoms with Gasteiger partial charge in [-0.05, 0) is 50.5 Å². The molecule has 2 bridgehead atoms. The van der Waals surface area contributed by atoms with E-state index < -0.39 is 10.8 Å². The summed E-state index contributed by atoms with van der Waals surface area (Å²) < 4.78 is 10.9. The Bertz CT molecular complexity index is 290. The van der Waals surface area contributed by atoms with E-state index in [9.17, 15) is 4.21 Å². The molecule has 5 unspecified atom stereocenters. The van der Waals surface area contributed by atoms with Crippen LogP contribution in [0, 0.1) is 17.8 Å². The van der Waals surface area contributed by atoms with Crippen molar-refractivity contribution in [1.82, 2.24) is 5.32 Å². The predicted octanol–water partition coefficient (Wildman–Crippen LogP) is 1.95. The van der Waals surface area contributed by atoms with E-state index in [1.165, 1.54) is 12.8 Å². The lowest BCUT2D eigenvalue weighted by molar-refractivity contribution is 0.328. The van der Waals surface area contributed by atoms with Gasteiger partial charge in [0.15, 0.2) is 0 Å². The van der Waals surface area contributed by atoms with Crippen molar-refractivity contribution in [2.24, 2.45) is 17.8 Å². The lowest BCUT2D eigenvalue weighted by Gasteiger charge is -2.26. The van der Waals surface area contributed by atoms with E-state index >= 15 is 0 Å². The van der Waals surface area contributed by atoms with Crippen molar-refractivity contribution in [2.45, 2.75) is 32.2 Å². The zero-order valence-corrected chi connectivity index (χ0v) is 11.1. The SMILES string of the molecule is CC(NCCCS(C)=O)C1CC2C=CC1C2. The molecule has 16 heavy (non-hydrogen) atoms. The maximum Gasteiger partial charge on any atom is 0.0244 e. The van der Waals surface area contributed by atoms with E-state index in [0.717, 1.165) is 36.5 Å². The molecule has 92 valence electrons. The molecular weight excluding hydrogens is 218 g/mol. The zero-order valence-electron chi connectivity index (χ0n) is 10.3. The molecule has 0 saturated heterocycles. The van der Waals surface area contributed by atoms with Gasteiger partial charge in [-0.2, -0.15) is 0 Å². The van der Waals surface area contributed by atoms with Crippen LogP contribution in [0.5, 0.6) is 0 Å². The average Bonchev–Trinajstić information content (AvgIpc) is 2.85. The number of fused-ring (bicyclic) bond motifs is 2. The third-order valence-electron chi connectivity index (χ3n) is 4.05. The summed E-state index contributed by atoms with van der Waals surface area (Å²) in [6.45, 7) is 3.32. The zero-order chi connectivity index (χ0) is 11.5. The fourth-order valence-electron chi connectivity index (χ4n) is 3.15. The second kappa shape index (κ2) is 5.46. The van der Waals surface area contributed by atoms with Crippen LogP contribution < -0.4 is 5.32 Å². The van der Waals surface area contributed by atoms with Gasteiger partial charge in [0.2, 0.25) is 0 Å². The number of hydrogen-bond acceptors (Lipinski definition) is 2. The summed E-state index contributed by atoms with van der Waals surface area (Å²) in [7, 11) is -0.635. The molecule has 0 aromatic rings. The van der Waals surface area contributed by atoms with Gasteiger partial charge in [0.1, 0.15) is 0 Å². The highest BCUT2D eigenvalue weighted by atomic mass is 32.2. The molecule has 1 saturated carbocycles. The Kier molecular flexibility index (Phi) is 4.20. The number of nitrogens with one attached hydrogen (secondary N) is 1. The molecule has 0 spiro atoms. The lowest BCUT2D eigenvalue weighted by Crippen LogP contribution is -2.36. The molecule has 0 aromatic heterocycles. The second-order valence-electron chi connectivity index (χ2n) is 5.32. The summed E-state index contributed by atoms with van der Waals surface area (Å²) >= 11 is 0. The van der Waals surface area contributed by atoms with E-state index in [1.54, 1.807) is 6.26 Å². The average molecular weight is 241 g/mol. The molecule has 0 aromatic carbocycles. The molecule has 0 radical (unpaired) electrons. The van der Waals surface area contributed by atoms with Gasteiger partial charge in [0, 0.05) is 28.9 Å². The standard InChI is InChI=1S/C13H23NOS/c1-10(14-6-3-7-16(2)15)13-9-11-4-5-12(13)8-11/h4-5,10-14H,3,6-9H2,1-2H3. The van der Waals surface area contributed by atoms with Gasteiger partial charge in [0.05, 0.1) is 0 Å².